The summed E-state index contributed by atoms with van der Waals surface area (Å²) in [6, 6.07) is 10.8. The Labute approximate surface area is 182 Å². The van der Waals surface area contributed by atoms with Crippen molar-refractivity contribution in [2.45, 2.75) is 13.8 Å². The highest BCUT2D eigenvalue weighted by atomic mass is 35.5. The molecule has 0 N–H and O–H groups in total. The molecule has 0 bridgehead atoms. The number of fused-ring (bicyclic) bond motifs is 1. The Morgan fingerprint density at radius 3 is 2.23 bits per heavy atom. The molecule has 160 valence electrons. The molecule has 0 fully saturated rings. The van der Waals surface area contributed by atoms with Gasteiger partial charge < -0.3 is 14.0 Å². The Kier molecular flexibility index (Phi) is 6.12. The van der Waals surface area contributed by atoms with Crippen LogP contribution in [0.5, 0.6) is 11.5 Å². The summed E-state index contributed by atoms with van der Waals surface area (Å²) < 4.78 is 11.8. The zero-order valence-corrected chi connectivity index (χ0v) is 18.0. The zero-order chi connectivity index (χ0) is 22.9. The molecule has 1 heterocycles. The molecule has 0 unspecified atom stereocenters. The Hall–Kier alpha value is -3.65. The number of carbonyl (C=O) groups is 3. The van der Waals surface area contributed by atoms with E-state index in [1.807, 2.05) is 0 Å². The molecule has 0 spiro atoms. The molecule has 0 radical (unpaired) electrons. The number of hydrogen-bond acceptors (Lipinski definition) is 6. The van der Waals surface area contributed by atoms with E-state index in [0.29, 0.717) is 21.7 Å². The third kappa shape index (κ3) is 4.15. The van der Waals surface area contributed by atoms with Crippen LogP contribution in [0.3, 0.4) is 0 Å². The van der Waals surface area contributed by atoms with Crippen molar-refractivity contribution in [1.82, 2.24) is 4.57 Å². The molecule has 0 aliphatic rings. The van der Waals surface area contributed by atoms with Crippen LogP contribution in [0.15, 0.2) is 47.3 Å². The van der Waals surface area contributed by atoms with Gasteiger partial charge in [0.25, 0.3) is 11.5 Å². The first-order chi connectivity index (χ1) is 14.6. The number of anilines is 1. The molecule has 0 atom stereocenters. The van der Waals surface area contributed by atoms with Crippen molar-refractivity contribution in [3.63, 3.8) is 0 Å². The second-order valence-electron chi connectivity index (χ2n) is 6.68. The van der Waals surface area contributed by atoms with E-state index in [2.05, 4.69) is 0 Å². The lowest BCUT2D eigenvalue weighted by molar-refractivity contribution is -0.131. The summed E-state index contributed by atoms with van der Waals surface area (Å²) in [5.74, 6) is -2.11. The van der Waals surface area contributed by atoms with Crippen molar-refractivity contribution in [1.29, 1.82) is 0 Å². The minimum atomic E-state index is -0.934. The summed E-state index contributed by atoms with van der Waals surface area (Å²) in [6.07, 6.45) is 0. The standard InChI is InChI=1S/C22H19ClN2O6/c1-12(26)25(15-7-5-14(23)6-8-15)22(29)19-20(31-13(2)27)17-11-16(30-4)9-10-18(17)24(3)21(19)28/h5-11H,1-4H3. The summed E-state index contributed by atoms with van der Waals surface area (Å²) in [7, 11) is 2.94. The van der Waals surface area contributed by atoms with Gasteiger partial charge in [0.2, 0.25) is 5.91 Å². The maximum absolute atomic E-state index is 13.5. The third-order valence-electron chi connectivity index (χ3n) is 4.62. The van der Waals surface area contributed by atoms with Crippen LogP contribution in [0.1, 0.15) is 24.2 Å². The highest BCUT2D eigenvalue weighted by molar-refractivity contribution is 6.30. The fourth-order valence-corrected chi connectivity index (χ4v) is 3.33. The average molecular weight is 443 g/mol. The number of esters is 1. The number of methoxy groups -OCH3 is 1. The first-order valence-corrected chi connectivity index (χ1v) is 9.53. The Bertz CT molecular complexity index is 1260. The lowest BCUT2D eigenvalue weighted by atomic mass is 10.1. The summed E-state index contributed by atoms with van der Waals surface area (Å²) in [5.41, 5.74) is -0.550. The second-order valence-corrected chi connectivity index (χ2v) is 7.12. The minimum Gasteiger partial charge on any atom is -0.497 e. The number of carbonyl (C=O) groups excluding carboxylic acids is 3. The third-order valence-corrected chi connectivity index (χ3v) is 4.87. The molecule has 31 heavy (non-hydrogen) atoms. The molecule has 0 aliphatic heterocycles. The Morgan fingerprint density at radius 2 is 1.68 bits per heavy atom. The number of halogens is 1. The fourth-order valence-electron chi connectivity index (χ4n) is 3.21. The van der Waals surface area contributed by atoms with Crippen LogP contribution in [-0.2, 0) is 16.6 Å². The molecular weight excluding hydrogens is 424 g/mol. The number of ether oxygens (including phenoxy) is 2. The smallest absolute Gasteiger partial charge is 0.308 e. The van der Waals surface area contributed by atoms with E-state index < -0.39 is 28.9 Å². The van der Waals surface area contributed by atoms with Gasteiger partial charge in [-0.1, -0.05) is 11.6 Å². The number of pyridine rings is 1. The van der Waals surface area contributed by atoms with Crippen molar-refractivity contribution in [3.8, 4) is 11.5 Å². The summed E-state index contributed by atoms with van der Waals surface area (Å²) >= 11 is 5.90. The number of aryl methyl sites for hydroxylation is 1. The van der Waals surface area contributed by atoms with Crippen molar-refractivity contribution >= 4 is 46.0 Å². The van der Waals surface area contributed by atoms with Gasteiger partial charge in [0.05, 0.1) is 18.3 Å². The number of benzene rings is 2. The fraction of sp³-hybridized carbons (Fsp3) is 0.182. The average Bonchev–Trinajstić information content (AvgIpc) is 2.72. The van der Waals surface area contributed by atoms with Crippen LogP contribution in [0.4, 0.5) is 5.69 Å². The lowest BCUT2D eigenvalue weighted by Gasteiger charge is -2.21. The number of nitrogens with zero attached hydrogens (tertiary/aromatic N) is 2. The number of aromatic nitrogens is 1. The van der Waals surface area contributed by atoms with Gasteiger partial charge in [-0.05, 0) is 42.5 Å². The van der Waals surface area contributed by atoms with Gasteiger partial charge in [-0.2, -0.15) is 0 Å². The number of hydrogen-bond donors (Lipinski definition) is 0. The van der Waals surface area contributed by atoms with E-state index in [-0.39, 0.29) is 11.4 Å². The van der Waals surface area contributed by atoms with Gasteiger partial charge in [0, 0.05) is 31.3 Å². The Morgan fingerprint density at radius 1 is 1.03 bits per heavy atom. The van der Waals surface area contributed by atoms with E-state index in [0.717, 1.165) is 11.8 Å². The maximum Gasteiger partial charge on any atom is 0.308 e. The molecule has 3 rings (SSSR count). The van der Waals surface area contributed by atoms with Crippen LogP contribution >= 0.6 is 11.6 Å². The monoisotopic (exact) mass is 442 g/mol. The van der Waals surface area contributed by atoms with Crippen LogP contribution in [0, 0.1) is 0 Å². The van der Waals surface area contributed by atoms with Gasteiger partial charge in [0.15, 0.2) is 5.75 Å². The van der Waals surface area contributed by atoms with Crippen molar-refractivity contribution < 1.29 is 23.9 Å². The highest BCUT2D eigenvalue weighted by Gasteiger charge is 2.31. The van der Waals surface area contributed by atoms with Crippen LogP contribution in [0.25, 0.3) is 10.9 Å². The topological polar surface area (TPSA) is 94.9 Å². The first-order valence-electron chi connectivity index (χ1n) is 9.15. The Balaban J connectivity index is 2.35. The number of rotatable bonds is 4. The highest BCUT2D eigenvalue weighted by Crippen LogP contribution is 2.32. The van der Waals surface area contributed by atoms with Crippen LogP contribution in [0.2, 0.25) is 5.02 Å². The van der Waals surface area contributed by atoms with Crippen LogP contribution < -0.4 is 19.9 Å². The largest absolute Gasteiger partial charge is 0.497 e. The molecular formula is C22H19ClN2O6. The molecule has 0 saturated heterocycles. The molecule has 3 aromatic rings. The van der Waals surface area contributed by atoms with Crippen molar-refractivity contribution in [2.75, 3.05) is 12.0 Å². The van der Waals surface area contributed by atoms with E-state index in [1.165, 1.54) is 49.9 Å². The molecule has 8 nitrogen and oxygen atoms in total. The van der Waals surface area contributed by atoms with Gasteiger partial charge in [-0.25, -0.2) is 4.90 Å². The van der Waals surface area contributed by atoms with E-state index in [1.54, 1.807) is 18.2 Å². The molecule has 1 aromatic heterocycles. The SMILES string of the molecule is COc1ccc2c(c1)c(OC(C)=O)c(C(=O)N(C(C)=O)c1ccc(Cl)cc1)c(=O)n2C. The van der Waals surface area contributed by atoms with Gasteiger partial charge in [-0.15, -0.1) is 0 Å². The predicted molar refractivity (Wildman–Crippen MR) is 116 cm³/mol. The molecule has 0 aliphatic carbocycles. The predicted octanol–water partition coefficient (Wildman–Crippen LogP) is 3.32. The van der Waals surface area contributed by atoms with E-state index in [4.69, 9.17) is 21.1 Å². The second kappa shape index (κ2) is 8.61. The van der Waals surface area contributed by atoms with Gasteiger partial charge in [0.1, 0.15) is 11.3 Å². The van der Waals surface area contributed by atoms with Gasteiger partial charge >= 0.3 is 5.97 Å². The molecule has 9 heteroatoms. The molecule has 2 amide bonds. The lowest BCUT2D eigenvalue weighted by Crippen LogP contribution is -2.40. The minimum absolute atomic E-state index is 0.212. The van der Waals surface area contributed by atoms with E-state index >= 15 is 0 Å². The maximum atomic E-state index is 13.5. The number of imide groups is 1. The number of amides is 2. The normalized spacial score (nSPS) is 10.6. The quantitative estimate of drug-likeness (QED) is 0.575. The van der Waals surface area contributed by atoms with E-state index in [9.17, 15) is 19.2 Å². The summed E-state index contributed by atoms with van der Waals surface area (Å²) in [5, 5.41) is 0.716. The summed E-state index contributed by atoms with van der Waals surface area (Å²) in [4.78, 5) is 51.7. The van der Waals surface area contributed by atoms with Crippen molar-refractivity contribution in [3.05, 3.63) is 63.4 Å². The summed E-state index contributed by atoms with van der Waals surface area (Å²) in [6.45, 7) is 2.34. The van der Waals surface area contributed by atoms with Crippen LogP contribution in [-0.4, -0.2) is 29.5 Å². The molecule has 2 aromatic carbocycles. The first kappa shape index (κ1) is 22.0. The van der Waals surface area contributed by atoms with Crippen molar-refractivity contribution in [2.24, 2.45) is 7.05 Å². The van der Waals surface area contributed by atoms with Gasteiger partial charge in [-0.3, -0.25) is 19.2 Å². The zero-order valence-electron chi connectivity index (χ0n) is 17.3. The molecule has 0 saturated carbocycles.